The lowest BCUT2D eigenvalue weighted by Gasteiger charge is -2.07. The number of nitrogens with two attached hydrogens (primary N) is 1. The highest BCUT2D eigenvalue weighted by Crippen LogP contribution is 2.21. The zero-order chi connectivity index (χ0) is 16.2. The molecule has 0 fully saturated rings. The van der Waals surface area contributed by atoms with Crippen molar-refractivity contribution < 1.29 is 0 Å². The second kappa shape index (κ2) is 6.99. The summed E-state index contributed by atoms with van der Waals surface area (Å²) in [6.45, 7) is 0. The number of rotatable bonds is 5. The van der Waals surface area contributed by atoms with Crippen LogP contribution in [-0.4, -0.2) is 19.9 Å². The topological polar surface area (TPSA) is 98.7 Å². The van der Waals surface area contributed by atoms with Gasteiger partial charge in [-0.15, -0.1) is 21.5 Å². The number of halogens is 1. The van der Waals surface area contributed by atoms with Crippen LogP contribution in [0.4, 0.5) is 10.9 Å². The summed E-state index contributed by atoms with van der Waals surface area (Å²) in [6.07, 6.45) is 1.62. The third-order valence-corrected chi connectivity index (χ3v) is 4.76. The monoisotopic (exact) mass is 366 g/mol. The van der Waals surface area contributed by atoms with Gasteiger partial charge in [-0.3, -0.25) is 4.79 Å². The fourth-order valence-corrected chi connectivity index (χ4v) is 3.14. The Balaban J connectivity index is 1.74. The van der Waals surface area contributed by atoms with Gasteiger partial charge in [0.25, 0.3) is 0 Å². The predicted molar refractivity (Wildman–Crippen MR) is 92.9 cm³/mol. The van der Waals surface area contributed by atoms with Crippen LogP contribution in [0.2, 0.25) is 5.02 Å². The number of thioether (sulfide) groups is 1. The van der Waals surface area contributed by atoms with Gasteiger partial charge in [-0.1, -0.05) is 35.5 Å². The van der Waals surface area contributed by atoms with Gasteiger partial charge in [0.15, 0.2) is 5.13 Å². The first-order valence-electron chi connectivity index (χ1n) is 6.42. The van der Waals surface area contributed by atoms with Crippen molar-refractivity contribution in [3.8, 4) is 0 Å². The molecule has 10 heteroatoms. The Morgan fingerprint density at radius 2 is 2.09 bits per heavy atom. The molecule has 1 aromatic carbocycles. The van der Waals surface area contributed by atoms with E-state index in [4.69, 9.17) is 17.4 Å². The Labute approximate surface area is 144 Å². The fourth-order valence-electron chi connectivity index (χ4n) is 1.68. The number of hydrogen-bond acceptors (Lipinski definition) is 8. The normalized spacial score (nSPS) is 10.7. The van der Waals surface area contributed by atoms with Gasteiger partial charge in [0.2, 0.25) is 11.0 Å². The van der Waals surface area contributed by atoms with Gasteiger partial charge in [0, 0.05) is 22.4 Å². The number of hydrogen-bond donors (Lipinski definition) is 2. The van der Waals surface area contributed by atoms with Gasteiger partial charge in [0.05, 0.1) is 0 Å². The highest BCUT2D eigenvalue weighted by Gasteiger charge is 2.11. The molecule has 0 radical (unpaired) electrons. The zero-order valence-corrected chi connectivity index (χ0v) is 14.0. The van der Waals surface area contributed by atoms with E-state index in [0.29, 0.717) is 21.1 Å². The summed E-state index contributed by atoms with van der Waals surface area (Å²) in [4.78, 5) is 16.2. The summed E-state index contributed by atoms with van der Waals surface area (Å²) in [7, 11) is 0. The first-order chi connectivity index (χ1) is 11.1. The van der Waals surface area contributed by atoms with Crippen molar-refractivity contribution in [2.45, 2.75) is 10.9 Å². The third kappa shape index (κ3) is 3.81. The molecule has 0 saturated carbocycles. The molecule has 7 nitrogen and oxygen atoms in total. The van der Waals surface area contributed by atoms with Gasteiger partial charge in [-0.25, -0.2) is 4.98 Å². The number of nitrogens with one attached hydrogen (secondary N) is 1. The van der Waals surface area contributed by atoms with Crippen molar-refractivity contribution in [1.82, 2.24) is 19.9 Å². The quantitative estimate of drug-likeness (QED) is 0.528. The summed E-state index contributed by atoms with van der Waals surface area (Å²) in [6, 6.07) is 7.42. The average molecular weight is 367 g/mol. The van der Waals surface area contributed by atoms with Gasteiger partial charge < -0.3 is 11.2 Å². The average Bonchev–Trinajstić information content (AvgIpc) is 3.06. The number of nitrogen functional groups attached to an aromatic ring is 1. The van der Waals surface area contributed by atoms with E-state index < -0.39 is 5.56 Å². The third-order valence-electron chi connectivity index (χ3n) is 2.80. The van der Waals surface area contributed by atoms with E-state index in [1.54, 1.807) is 23.7 Å². The molecular formula is C13H11ClN6OS2. The molecule has 0 aliphatic carbocycles. The summed E-state index contributed by atoms with van der Waals surface area (Å²) < 4.78 is 0.976. The molecule has 0 aliphatic rings. The summed E-state index contributed by atoms with van der Waals surface area (Å²) in [5, 5.41) is 14.0. The van der Waals surface area contributed by atoms with Crippen LogP contribution in [-0.2, 0) is 5.75 Å². The predicted octanol–water partition coefficient (Wildman–Crippen LogP) is 2.50. The van der Waals surface area contributed by atoms with Crippen molar-refractivity contribution in [1.29, 1.82) is 0 Å². The number of thiazole rings is 1. The Morgan fingerprint density at radius 1 is 1.30 bits per heavy atom. The molecule has 3 N–H and O–H groups in total. The highest BCUT2D eigenvalue weighted by atomic mass is 35.5. The molecule has 2 heterocycles. The highest BCUT2D eigenvalue weighted by molar-refractivity contribution is 7.98. The molecule has 118 valence electrons. The van der Waals surface area contributed by atoms with Crippen LogP contribution < -0.4 is 16.7 Å². The number of anilines is 2. The minimum Gasteiger partial charge on any atom is -0.334 e. The maximum absolute atomic E-state index is 12.2. The van der Waals surface area contributed by atoms with E-state index in [9.17, 15) is 4.79 Å². The first-order valence-corrected chi connectivity index (χ1v) is 8.66. The van der Waals surface area contributed by atoms with E-state index in [1.165, 1.54) is 23.1 Å². The van der Waals surface area contributed by atoms with Crippen molar-refractivity contribution in [2.24, 2.45) is 0 Å². The van der Waals surface area contributed by atoms with E-state index in [2.05, 4.69) is 20.5 Å². The van der Waals surface area contributed by atoms with E-state index in [0.717, 1.165) is 10.2 Å². The SMILES string of the molecule is Nn1c(SCc2ccc(Cl)cc2)nnc(Nc2nccs2)c1=O. The Hall–Kier alpha value is -2.10. The smallest absolute Gasteiger partial charge is 0.316 e. The van der Waals surface area contributed by atoms with E-state index in [-0.39, 0.29) is 5.82 Å². The molecule has 3 aromatic rings. The summed E-state index contributed by atoms with van der Waals surface area (Å²) in [5.74, 6) is 6.44. The Kier molecular flexibility index (Phi) is 4.79. The molecule has 0 aliphatic heterocycles. The van der Waals surface area contributed by atoms with Crippen LogP contribution in [0.1, 0.15) is 5.56 Å². The molecule has 0 atom stereocenters. The van der Waals surface area contributed by atoms with Crippen LogP contribution in [0, 0.1) is 0 Å². The molecule has 0 bridgehead atoms. The van der Waals surface area contributed by atoms with Crippen molar-refractivity contribution in [3.63, 3.8) is 0 Å². The molecular weight excluding hydrogens is 356 g/mol. The second-order valence-corrected chi connectivity index (χ2v) is 6.66. The minimum absolute atomic E-state index is 0.0401. The number of nitrogens with zero attached hydrogens (tertiary/aromatic N) is 4. The van der Waals surface area contributed by atoms with Crippen LogP contribution in [0.5, 0.6) is 0 Å². The van der Waals surface area contributed by atoms with E-state index in [1.807, 2.05) is 12.1 Å². The molecule has 2 aromatic heterocycles. The molecule has 0 saturated heterocycles. The Bertz CT molecular complexity index is 850. The number of benzene rings is 1. The van der Waals surface area contributed by atoms with Crippen molar-refractivity contribution in [3.05, 3.63) is 56.8 Å². The maximum Gasteiger partial charge on any atom is 0.316 e. The van der Waals surface area contributed by atoms with Gasteiger partial charge in [-0.2, -0.15) is 4.68 Å². The molecule has 0 unspecified atom stereocenters. The first kappa shape index (κ1) is 15.8. The van der Waals surface area contributed by atoms with Gasteiger partial charge >= 0.3 is 5.56 Å². The maximum atomic E-state index is 12.2. The fraction of sp³-hybridized carbons (Fsp3) is 0.0769. The van der Waals surface area contributed by atoms with Gasteiger partial charge in [0.1, 0.15) is 0 Å². The molecule has 23 heavy (non-hydrogen) atoms. The summed E-state index contributed by atoms with van der Waals surface area (Å²) in [5.41, 5.74) is 0.576. The van der Waals surface area contributed by atoms with Crippen molar-refractivity contribution >= 4 is 45.6 Å². The minimum atomic E-state index is -0.464. The van der Waals surface area contributed by atoms with Gasteiger partial charge in [-0.05, 0) is 17.7 Å². The van der Waals surface area contributed by atoms with Crippen molar-refractivity contribution in [2.75, 3.05) is 11.2 Å². The van der Waals surface area contributed by atoms with Crippen LogP contribution >= 0.6 is 34.7 Å². The van der Waals surface area contributed by atoms with E-state index >= 15 is 0 Å². The molecule has 3 rings (SSSR count). The molecule has 0 amide bonds. The lowest BCUT2D eigenvalue weighted by Crippen LogP contribution is -2.32. The number of aromatic nitrogens is 4. The summed E-state index contributed by atoms with van der Waals surface area (Å²) >= 11 is 8.51. The standard InChI is InChI=1S/C13H11ClN6OS2/c14-9-3-1-8(2-4-9)7-23-13-19-18-10(11(21)20(13)15)17-12-16-5-6-22-12/h1-6H,7,15H2,(H,16,17,18). The Morgan fingerprint density at radius 3 is 2.78 bits per heavy atom. The van der Waals surface area contributed by atoms with Crippen LogP contribution in [0.25, 0.3) is 0 Å². The lowest BCUT2D eigenvalue weighted by atomic mass is 10.2. The second-order valence-electron chi connectivity index (χ2n) is 4.38. The van der Waals surface area contributed by atoms with Crippen LogP contribution in [0.3, 0.4) is 0 Å². The largest absolute Gasteiger partial charge is 0.334 e. The van der Waals surface area contributed by atoms with Crippen LogP contribution in [0.15, 0.2) is 45.8 Å². The zero-order valence-electron chi connectivity index (χ0n) is 11.6. The lowest BCUT2D eigenvalue weighted by molar-refractivity contribution is 0.704. The molecule has 0 spiro atoms.